The quantitative estimate of drug-likeness (QED) is 0.675. The summed E-state index contributed by atoms with van der Waals surface area (Å²) in [5.74, 6) is 0.206. The van der Waals surface area contributed by atoms with Gasteiger partial charge >= 0.3 is 0 Å². The molecule has 2 heteroatoms. The lowest BCUT2D eigenvalue weighted by atomic mass is 10.0. The Bertz CT molecular complexity index is 275. The number of pyridine rings is 1. The molecule has 0 aliphatic heterocycles. The molecule has 0 saturated heterocycles. The van der Waals surface area contributed by atoms with Gasteiger partial charge in [-0.3, -0.25) is 9.78 Å². The highest BCUT2D eigenvalue weighted by atomic mass is 16.1. The number of rotatable bonds is 2. The Morgan fingerprint density at radius 2 is 1.86 bits per heavy atom. The minimum absolute atomic E-state index is 0.0505. The fraction of sp³-hybridized carbons (Fsp3) is 0.500. The number of aromatic nitrogens is 1. The predicted octanol–water partition coefficient (Wildman–Crippen LogP) is 3.25. The molecule has 0 aliphatic carbocycles. The van der Waals surface area contributed by atoms with Crippen LogP contribution in [0.4, 0.5) is 0 Å². The lowest BCUT2D eigenvalue weighted by Gasteiger charge is -2.02. The first-order chi connectivity index (χ1) is 6.61. The molecule has 0 N–H and O–H groups in total. The second-order valence-electron chi connectivity index (χ2n) is 3.21. The van der Waals surface area contributed by atoms with Gasteiger partial charge in [0.05, 0.1) is 0 Å². The van der Waals surface area contributed by atoms with E-state index in [9.17, 15) is 4.79 Å². The largest absolute Gasteiger partial charge is 0.294 e. The van der Waals surface area contributed by atoms with E-state index in [-0.39, 0.29) is 11.7 Å². The smallest absolute Gasteiger partial charge is 0.166 e. The summed E-state index contributed by atoms with van der Waals surface area (Å²) in [6.07, 6.45) is 1.64. The SMILES string of the molecule is CC.Cc1ccc(C(=O)C(C)C)cn1. The summed E-state index contributed by atoms with van der Waals surface area (Å²) in [4.78, 5) is 15.5. The van der Waals surface area contributed by atoms with E-state index in [1.807, 2.05) is 46.8 Å². The first kappa shape index (κ1) is 12.8. The van der Waals surface area contributed by atoms with Gasteiger partial charge in [-0.15, -0.1) is 0 Å². The van der Waals surface area contributed by atoms with Crippen molar-refractivity contribution >= 4 is 5.78 Å². The van der Waals surface area contributed by atoms with Gasteiger partial charge in [0.25, 0.3) is 0 Å². The molecular formula is C12H19NO. The molecule has 0 fully saturated rings. The third kappa shape index (κ3) is 3.69. The van der Waals surface area contributed by atoms with Crippen molar-refractivity contribution in [1.82, 2.24) is 4.98 Å². The molecule has 0 aromatic carbocycles. The molecule has 0 atom stereocenters. The number of carbonyl (C=O) groups excluding carboxylic acids is 1. The molecule has 1 aromatic rings. The van der Waals surface area contributed by atoms with Crippen LogP contribution in [0.3, 0.4) is 0 Å². The predicted molar refractivity (Wildman–Crippen MR) is 59.5 cm³/mol. The summed E-state index contributed by atoms with van der Waals surface area (Å²) in [6, 6.07) is 3.68. The van der Waals surface area contributed by atoms with Crippen LogP contribution in [-0.4, -0.2) is 10.8 Å². The van der Waals surface area contributed by atoms with E-state index >= 15 is 0 Å². The van der Waals surface area contributed by atoms with Gasteiger partial charge in [0.2, 0.25) is 0 Å². The molecule has 0 spiro atoms. The number of ketones is 1. The number of hydrogen-bond acceptors (Lipinski definition) is 2. The zero-order valence-corrected chi connectivity index (χ0v) is 9.66. The number of aryl methyl sites for hydroxylation is 1. The molecule has 0 amide bonds. The van der Waals surface area contributed by atoms with E-state index in [1.54, 1.807) is 6.20 Å². The Morgan fingerprint density at radius 3 is 2.21 bits per heavy atom. The van der Waals surface area contributed by atoms with Crippen LogP contribution in [0, 0.1) is 12.8 Å². The Hall–Kier alpha value is -1.18. The molecule has 2 nitrogen and oxygen atoms in total. The first-order valence-electron chi connectivity index (χ1n) is 5.08. The highest BCUT2D eigenvalue weighted by Crippen LogP contribution is 2.06. The van der Waals surface area contributed by atoms with E-state index < -0.39 is 0 Å². The summed E-state index contributed by atoms with van der Waals surface area (Å²) in [7, 11) is 0. The normalized spacial score (nSPS) is 9.29. The number of hydrogen-bond donors (Lipinski definition) is 0. The van der Waals surface area contributed by atoms with Crippen LogP contribution in [0.1, 0.15) is 43.7 Å². The van der Waals surface area contributed by atoms with Gasteiger partial charge in [0, 0.05) is 23.4 Å². The van der Waals surface area contributed by atoms with Gasteiger partial charge in [0.1, 0.15) is 0 Å². The molecule has 1 heterocycles. The standard InChI is InChI=1S/C10H13NO.C2H6/c1-7(2)10(12)9-5-4-8(3)11-6-9;1-2/h4-7H,1-3H3;1-2H3. The molecule has 0 saturated carbocycles. The number of Topliss-reactive ketones (excluding diaryl/α,β-unsaturated/α-hetero) is 1. The van der Waals surface area contributed by atoms with Crippen LogP contribution in [0.2, 0.25) is 0 Å². The fourth-order valence-corrected chi connectivity index (χ4v) is 0.947. The van der Waals surface area contributed by atoms with E-state index in [2.05, 4.69) is 4.98 Å². The van der Waals surface area contributed by atoms with Crippen molar-refractivity contribution in [2.75, 3.05) is 0 Å². The summed E-state index contributed by atoms with van der Waals surface area (Å²) < 4.78 is 0. The van der Waals surface area contributed by atoms with Crippen molar-refractivity contribution in [2.24, 2.45) is 5.92 Å². The van der Waals surface area contributed by atoms with Crippen LogP contribution >= 0.6 is 0 Å². The maximum atomic E-state index is 11.4. The highest BCUT2D eigenvalue weighted by molar-refractivity contribution is 5.97. The third-order valence-electron chi connectivity index (χ3n) is 1.72. The monoisotopic (exact) mass is 193 g/mol. The topological polar surface area (TPSA) is 30.0 Å². The van der Waals surface area contributed by atoms with Crippen LogP contribution in [0.25, 0.3) is 0 Å². The minimum atomic E-state index is 0.0505. The van der Waals surface area contributed by atoms with Gasteiger partial charge in [-0.1, -0.05) is 27.7 Å². The molecule has 0 unspecified atom stereocenters. The van der Waals surface area contributed by atoms with E-state index in [4.69, 9.17) is 0 Å². The average Bonchev–Trinajstić information content (AvgIpc) is 2.21. The Morgan fingerprint density at radius 1 is 1.29 bits per heavy atom. The molecular weight excluding hydrogens is 174 g/mol. The van der Waals surface area contributed by atoms with Gasteiger partial charge in [0.15, 0.2) is 5.78 Å². The van der Waals surface area contributed by atoms with E-state index in [0.717, 1.165) is 5.69 Å². The van der Waals surface area contributed by atoms with E-state index in [0.29, 0.717) is 5.56 Å². The molecule has 1 aromatic heterocycles. The molecule has 0 aliphatic rings. The van der Waals surface area contributed by atoms with E-state index in [1.165, 1.54) is 0 Å². The van der Waals surface area contributed by atoms with Crippen LogP contribution in [-0.2, 0) is 0 Å². The van der Waals surface area contributed by atoms with Gasteiger partial charge < -0.3 is 0 Å². The van der Waals surface area contributed by atoms with Crippen LogP contribution in [0.15, 0.2) is 18.3 Å². The third-order valence-corrected chi connectivity index (χ3v) is 1.72. The van der Waals surface area contributed by atoms with Crippen molar-refractivity contribution in [3.63, 3.8) is 0 Å². The second-order valence-corrected chi connectivity index (χ2v) is 3.21. The summed E-state index contributed by atoms with van der Waals surface area (Å²) in [5, 5.41) is 0. The molecule has 0 radical (unpaired) electrons. The zero-order valence-electron chi connectivity index (χ0n) is 9.66. The van der Waals surface area contributed by atoms with Gasteiger partial charge in [-0.25, -0.2) is 0 Å². The molecule has 0 bridgehead atoms. The van der Waals surface area contributed by atoms with Crippen molar-refractivity contribution < 1.29 is 4.79 Å². The van der Waals surface area contributed by atoms with Gasteiger partial charge in [-0.05, 0) is 19.1 Å². The lowest BCUT2D eigenvalue weighted by Crippen LogP contribution is -2.07. The molecule has 1 rings (SSSR count). The zero-order chi connectivity index (χ0) is 11.1. The summed E-state index contributed by atoms with van der Waals surface area (Å²) in [5.41, 5.74) is 1.64. The van der Waals surface area contributed by atoms with Gasteiger partial charge in [-0.2, -0.15) is 0 Å². The number of nitrogens with zero attached hydrogens (tertiary/aromatic N) is 1. The highest BCUT2D eigenvalue weighted by Gasteiger charge is 2.09. The van der Waals surface area contributed by atoms with Crippen molar-refractivity contribution in [3.05, 3.63) is 29.6 Å². The summed E-state index contributed by atoms with van der Waals surface area (Å²) >= 11 is 0. The van der Waals surface area contributed by atoms with Crippen molar-refractivity contribution in [2.45, 2.75) is 34.6 Å². The number of carbonyl (C=O) groups is 1. The first-order valence-corrected chi connectivity index (χ1v) is 5.08. The summed E-state index contributed by atoms with van der Waals surface area (Å²) in [6.45, 7) is 9.69. The fourth-order valence-electron chi connectivity index (χ4n) is 0.947. The Balaban J connectivity index is 0.000000791. The Labute approximate surface area is 86.4 Å². The minimum Gasteiger partial charge on any atom is -0.294 e. The maximum absolute atomic E-state index is 11.4. The maximum Gasteiger partial charge on any atom is 0.166 e. The molecule has 78 valence electrons. The second kappa shape index (κ2) is 6.30. The van der Waals surface area contributed by atoms with Crippen LogP contribution < -0.4 is 0 Å². The molecule has 14 heavy (non-hydrogen) atoms. The lowest BCUT2D eigenvalue weighted by molar-refractivity contribution is 0.0939. The van der Waals surface area contributed by atoms with Crippen molar-refractivity contribution in [3.8, 4) is 0 Å². The van der Waals surface area contributed by atoms with Crippen LogP contribution in [0.5, 0.6) is 0 Å². The average molecular weight is 193 g/mol. The van der Waals surface area contributed by atoms with Crippen molar-refractivity contribution in [1.29, 1.82) is 0 Å². The Kier molecular flexibility index (Phi) is 5.77.